The monoisotopic (exact) mass is 316 g/mol. The van der Waals surface area contributed by atoms with Crippen LogP contribution in [-0.2, 0) is 6.54 Å². The maximum Gasteiger partial charge on any atom is 0.170 e. The van der Waals surface area contributed by atoms with Crippen LogP contribution >= 0.6 is 12.2 Å². The van der Waals surface area contributed by atoms with Crippen molar-refractivity contribution in [2.24, 2.45) is 0 Å². The molecule has 1 heterocycles. The minimum Gasteiger partial charge on any atom is -0.362 e. The number of rotatable bonds is 7. The van der Waals surface area contributed by atoms with E-state index in [1.165, 1.54) is 5.56 Å². The number of benzene rings is 1. The number of thiocarbonyl (C=S) groups is 1. The van der Waals surface area contributed by atoms with Gasteiger partial charge < -0.3 is 10.6 Å². The van der Waals surface area contributed by atoms with E-state index < -0.39 is 0 Å². The maximum atomic E-state index is 5.31. The van der Waals surface area contributed by atoms with E-state index in [4.69, 9.17) is 12.2 Å². The zero-order valence-electron chi connectivity index (χ0n) is 13.2. The molecule has 0 radical (unpaired) electrons. The fraction of sp³-hybridized carbons (Fsp3) is 0.412. The Morgan fingerprint density at radius 3 is 2.73 bits per heavy atom. The standard InChI is InChI=1S/C17H24N4S/c1-3-14(2)15-6-8-16(9-7-15)20-17(22)18-10-4-12-21-13-5-11-19-21/h5-9,11,13-14H,3-4,10,12H2,1-2H3,(H2,18,20,22). The van der Waals surface area contributed by atoms with Gasteiger partial charge in [0.1, 0.15) is 0 Å². The summed E-state index contributed by atoms with van der Waals surface area (Å²) < 4.78 is 1.92. The quantitative estimate of drug-likeness (QED) is 0.603. The van der Waals surface area contributed by atoms with Crippen LogP contribution in [0.1, 0.15) is 38.2 Å². The second kappa shape index (κ2) is 8.54. The van der Waals surface area contributed by atoms with E-state index in [1.54, 1.807) is 6.20 Å². The van der Waals surface area contributed by atoms with Crippen molar-refractivity contribution in [2.45, 2.75) is 39.2 Å². The first-order valence-electron chi connectivity index (χ1n) is 7.81. The first-order chi connectivity index (χ1) is 10.7. The molecule has 2 rings (SSSR count). The summed E-state index contributed by atoms with van der Waals surface area (Å²) >= 11 is 5.31. The Balaban J connectivity index is 1.70. The van der Waals surface area contributed by atoms with E-state index in [1.807, 2.05) is 16.9 Å². The van der Waals surface area contributed by atoms with Gasteiger partial charge in [-0.2, -0.15) is 5.10 Å². The van der Waals surface area contributed by atoms with E-state index in [-0.39, 0.29) is 0 Å². The number of hydrogen-bond donors (Lipinski definition) is 2. The van der Waals surface area contributed by atoms with Crippen LogP contribution in [0.5, 0.6) is 0 Å². The highest BCUT2D eigenvalue weighted by atomic mass is 32.1. The van der Waals surface area contributed by atoms with Crippen molar-refractivity contribution in [3.8, 4) is 0 Å². The molecule has 0 saturated carbocycles. The molecule has 1 unspecified atom stereocenters. The number of nitrogens with zero attached hydrogens (tertiary/aromatic N) is 2. The van der Waals surface area contributed by atoms with Crippen LogP contribution in [0.2, 0.25) is 0 Å². The molecule has 0 aliphatic heterocycles. The molecular weight excluding hydrogens is 292 g/mol. The molecule has 2 N–H and O–H groups in total. The number of aromatic nitrogens is 2. The normalized spacial score (nSPS) is 11.9. The third kappa shape index (κ3) is 5.15. The molecule has 4 nitrogen and oxygen atoms in total. The summed E-state index contributed by atoms with van der Waals surface area (Å²) in [7, 11) is 0. The minimum absolute atomic E-state index is 0.599. The van der Waals surface area contributed by atoms with Crippen LogP contribution in [0, 0.1) is 0 Å². The van der Waals surface area contributed by atoms with Crippen LogP contribution in [0.15, 0.2) is 42.7 Å². The molecule has 118 valence electrons. The summed E-state index contributed by atoms with van der Waals surface area (Å²) in [5.74, 6) is 0.599. The Hall–Kier alpha value is -1.88. The van der Waals surface area contributed by atoms with Gasteiger partial charge in [-0.1, -0.05) is 26.0 Å². The molecular formula is C17H24N4S. The highest BCUT2D eigenvalue weighted by Gasteiger charge is 2.03. The second-order valence-electron chi connectivity index (χ2n) is 5.43. The van der Waals surface area contributed by atoms with Gasteiger partial charge in [-0.05, 0) is 54.7 Å². The highest BCUT2D eigenvalue weighted by molar-refractivity contribution is 7.80. The largest absolute Gasteiger partial charge is 0.362 e. The molecule has 0 bridgehead atoms. The van der Waals surface area contributed by atoms with Crippen molar-refractivity contribution in [2.75, 3.05) is 11.9 Å². The first kappa shape index (κ1) is 16.5. The Morgan fingerprint density at radius 2 is 2.09 bits per heavy atom. The summed E-state index contributed by atoms with van der Waals surface area (Å²) in [6, 6.07) is 10.4. The summed E-state index contributed by atoms with van der Waals surface area (Å²) in [6.07, 6.45) is 5.90. The second-order valence-corrected chi connectivity index (χ2v) is 5.84. The fourth-order valence-electron chi connectivity index (χ4n) is 2.18. The van der Waals surface area contributed by atoms with E-state index >= 15 is 0 Å². The Kier molecular flexibility index (Phi) is 6.40. The predicted octanol–water partition coefficient (Wildman–Crippen LogP) is 3.77. The summed E-state index contributed by atoms with van der Waals surface area (Å²) in [6.45, 7) is 6.18. The Bertz CT molecular complexity index is 563. The van der Waals surface area contributed by atoms with Crippen molar-refractivity contribution >= 4 is 23.0 Å². The van der Waals surface area contributed by atoms with E-state index in [2.05, 4.69) is 53.8 Å². The average molecular weight is 316 g/mol. The third-order valence-electron chi connectivity index (χ3n) is 3.76. The van der Waals surface area contributed by atoms with Gasteiger partial charge in [-0.25, -0.2) is 0 Å². The topological polar surface area (TPSA) is 41.9 Å². The van der Waals surface area contributed by atoms with Gasteiger partial charge in [-0.3, -0.25) is 4.68 Å². The molecule has 0 saturated heterocycles. The van der Waals surface area contributed by atoms with Crippen LogP contribution in [0.4, 0.5) is 5.69 Å². The minimum atomic E-state index is 0.599. The van der Waals surface area contributed by atoms with Gasteiger partial charge in [0.25, 0.3) is 0 Å². The lowest BCUT2D eigenvalue weighted by Crippen LogP contribution is -2.29. The Morgan fingerprint density at radius 1 is 1.32 bits per heavy atom. The highest BCUT2D eigenvalue weighted by Crippen LogP contribution is 2.20. The average Bonchev–Trinajstić information content (AvgIpc) is 3.05. The molecule has 0 spiro atoms. The molecule has 0 aliphatic rings. The summed E-state index contributed by atoms with van der Waals surface area (Å²) in [5, 5.41) is 11.3. The SMILES string of the molecule is CCC(C)c1ccc(NC(=S)NCCCn2cccn2)cc1. The Labute approximate surface area is 137 Å². The molecule has 0 aliphatic carbocycles. The molecule has 0 amide bonds. The zero-order valence-corrected chi connectivity index (χ0v) is 14.1. The smallest absolute Gasteiger partial charge is 0.170 e. The summed E-state index contributed by atoms with van der Waals surface area (Å²) in [5.41, 5.74) is 2.39. The van der Waals surface area contributed by atoms with Gasteiger partial charge in [0.15, 0.2) is 5.11 Å². The van der Waals surface area contributed by atoms with Crippen molar-refractivity contribution in [3.05, 3.63) is 48.3 Å². The molecule has 1 aromatic carbocycles. The summed E-state index contributed by atoms with van der Waals surface area (Å²) in [4.78, 5) is 0. The van der Waals surface area contributed by atoms with Gasteiger partial charge in [-0.15, -0.1) is 0 Å². The van der Waals surface area contributed by atoms with Crippen LogP contribution < -0.4 is 10.6 Å². The van der Waals surface area contributed by atoms with Crippen LogP contribution in [0.25, 0.3) is 0 Å². The van der Waals surface area contributed by atoms with Gasteiger partial charge >= 0.3 is 0 Å². The van der Waals surface area contributed by atoms with E-state index in [0.717, 1.165) is 31.6 Å². The van der Waals surface area contributed by atoms with E-state index in [9.17, 15) is 0 Å². The number of nitrogens with one attached hydrogen (secondary N) is 2. The third-order valence-corrected chi connectivity index (χ3v) is 4.01. The van der Waals surface area contributed by atoms with Crippen molar-refractivity contribution in [1.82, 2.24) is 15.1 Å². The molecule has 22 heavy (non-hydrogen) atoms. The number of hydrogen-bond acceptors (Lipinski definition) is 2. The van der Waals surface area contributed by atoms with Crippen molar-refractivity contribution in [3.63, 3.8) is 0 Å². The lowest BCUT2D eigenvalue weighted by Gasteiger charge is -2.13. The lowest BCUT2D eigenvalue weighted by atomic mass is 9.99. The van der Waals surface area contributed by atoms with Crippen LogP contribution in [-0.4, -0.2) is 21.4 Å². The zero-order chi connectivity index (χ0) is 15.8. The van der Waals surface area contributed by atoms with Crippen LogP contribution in [0.3, 0.4) is 0 Å². The first-order valence-corrected chi connectivity index (χ1v) is 8.22. The fourth-order valence-corrected chi connectivity index (χ4v) is 2.40. The predicted molar refractivity (Wildman–Crippen MR) is 96.2 cm³/mol. The molecule has 5 heteroatoms. The number of aryl methyl sites for hydroxylation is 1. The molecule has 1 atom stereocenters. The van der Waals surface area contributed by atoms with Crippen molar-refractivity contribution < 1.29 is 0 Å². The number of anilines is 1. The van der Waals surface area contributed by atoms with Gasteiger partial charge in [0, 0.05) is 31.2 Å². The molecule has 2 aromatic rings. The molecule has 0 fully saturated rings. The molecule has 1 aromatic heterocycles. The van der Waals surface area contributed by atoms with Crippen molar-refractivity contribution in [1.29, 1.82) is 0 Å². The van der Waals surface area contributed by atoms with Gasteiger partial charge in [0.2, 0.25) is 0 Å². The lowest BCUT2D eigenvalue weighted by molar-refractivity contribution is 0.574. The van der Waals surface area contributed by atoms with E-state index in [0.29, 0.717) is 11.0 Å². The van der Waals surface area contributed by atoms with Gasteiger partial charge in [0.05, 0.1) is 0 Å². The maximum absolute atomic E-state index is 5.31.